The molecule has 0 atom stereocenters. The molecule has 15 heavy (non-hydrogen) atoms. The summed E-state index contributed by atoms with van der Waals surface area (Å²) in [7, 11) is 0. The molecule has 0 aliphatic carbocycles. The third-order valence-electron chi connectivity index (χ3n) is 1.66. The summed E-state index contributed by atoms with van der Waals surface area (Å²) in [6, 6.07) is 5.89. The zero-order chi connectivity index (χ0) is 11.3. The van der Waals surface area contributed by atoms with E-state index >= 15 is 0 Å². The molecule has 0 unspecified atom stereocenters. The Morgan fingerprint density at radius 1 is 1.53 bits per heavy atom. The Kier molecular flexibility index (Phi) is 4.12. The molecule has 0 amide bonds. The summed E-state index contributed by atoms with van der Waals surface area (Å²) in [6.45, 7) is 2.11. The molecule has 0 fully saturated rings. The molecule has 1 aromatic rings. The van der Waals surface area contributed by atoms with Crippen LogP contribution in [0, 0.1) is 10.1 Å². The van der Waals surface area contributed by atoms with Gasteiger partial charge in [-0.25, -0.2) is 0 Å². The first-order chi connectivity index (χ1) is 7.09. The fraction of sp³-hybridized carbons (Fsp3) is 0.200. The maximum Gasteiger partial charge on any atom is 0.269 e. The molecule has 0 aliphatic heterocycles. The first-order valence-corrected chi connectivity index (χ1v) is 4.67. The van der Waals surface area contributed by atoms with Crippen LogP contribution >= 0.6 is 11.6 Å². The number of rotatable bonds is 4. The highest BCUT2D eigenvalue weighted by Gasteiger charge is 2.03. The minimum absolute atomic E-state index is 0.0476. The van der Waals surface area contributed by atoms with Crippen molar-refractivity contribution in [3.8, 4) is 5.75 Å². The van der Waals surface area contributed by atoms with E-state index in [4.69, 9.17) is 16.3 Å². The summed E-state index contributed by atoms with van der Waals surface area (Å²) < 4.78 is 5.27. The van der Waals surface area contributed by atoms with Crippen molar-refractivity contribution in [3.05, 3.63) is 45.5 Å². The van der Waals surface area contributed by atoms with Crippen molar-refractivity contribution in [3.63, 3.8) is 0 Å². The topological polar surface area (TPSA) is 52.4 Å². The summed E-state index contributed by atoms with van der Waals surface area (Å²) in [6.07, 6.45) is 1.71. The second kappa shape index (κ2) is 5.36. The van der Waals surface area contributed by atoms with E-state index in [9.17, 15) is 10.1 Å². The Balaban J connectivity index is 2.57. The highest BCUT2D eigenvalue weighted by molar-refractivity contribution is 6.29. The van der Waals surface area contributed by atoms with Gasteiger partial charge in [0.15, 0.2) is 0 Å². The van der Waals surface area contributed by atoms with Gasteiger partial charge in [0.2, 0.25) is 0 Å². The summed E-state index contributed by atoms with van der Waals surface area (Å²) >= 11 is 5.60. The second-order valence-corrected chi connectivity index (χ2v) is 3.45. The molecule has 80 valence electrons. The highest BCUT2D eigenvalue weighted by atomic mass is 35.5. The molecule has 0 saturated heterocycles. The van der Waals surface area contributed by atoms with E-state index in [0.29, 0.717) is 17.4 Å². The number of hydrogen-bond acceptors (Lipinski definition) is 3. The van der Waals surface area contributed by atoms with E-state index < -0.39 is 4.92 Å². The van der Waals surface area contributed by atoms with Gasteiger partial charge in [0.05, 0.1) is 4.92 Å². The third-order valence-corrected chi connectivity index (χ3v) is 1.82. The van der Waals surface area contributed by atoms with Crippen LogP contribution in [-0.4, -0.2) is 11.5 Å². The third kappa shape index (κ3) is 3.99. The number of hydrogen-bond donors (Lipinski definition) is 0. The first kappa shape index (κ1) is 11.5. The van der Waals surface area contributed by atoms with Crippen LogP contribution in [0.25, 0.3) is 0 Å². The summed E-state index contributed by atoms with van der Waals surface area (Å²) in [5.41, 5.74) is 0.0476. The van der Waals surface area contributed by atoms with E-state index in [2.05, 4.69) is 0 Å². The van der Waals surface area contributed by atoms with E-state index in [1.165, 1.54) is 12.1 Å². The van der Waals surface area contributed by atoms with Gasteiger partial charge in [-0.3, -0.25) is 10.1 Å². The Morgan fingerprint density at radius 3 is 2.60 bits per heavy atom. The van der Waals surface area contributed by atoms with Crippen LogP contribution in [0.5, 0.6) is 5.75 Å². The molecule has 0 bridgehead atoms. The van der Waals surface area contributed by atoms with Crippen molar-refractivity contribution in [1.82, 2.24) is 0 Å². The SMILES string of the molecule is C/C(Cl)=C\COc1ccc([N+](=O)[O-])cc1. The number of benzene rings is 1. The highest BCUT2D eigenvalue weighted by Crippen LogP contribution is 2.17. The molecule has 0 heterocycles. The fourth-order valence-electron chi connectivity index (χ4n) is 0.917. The predicted octanol–water partition coefficient (Wildman–Crippen LogP) is 3.12. The lowest BCUT2D eigenvalue weighted by Crippen LogP contribution is -1.94. The van der Waals surface area contributed by atoms with Gasteiger partial charge in [-0.15, -0.1) is 0 Å². The van der Waals surface area contributed by atoms with Crippen LogP contribution < -0.4 is 4.74 Å². The Morgan fingerprint density at radius 2 is 2.13 bits per heavy atom. The molecule has 0 spiro atoms. The summed E-state index contributed by atoms with van der Waals surface area (Å²) in [5, 5.41) is 11.0. The lowest BCUT2D eigenvalue weighted by molar-refractivity contribution is -0.384. The predicted molar refractivity (Wildman–Crippen MR) is 58.2 cm³/mol. The molecular weight excluding hydrogens is 218 g/mol. The van der Waals surface area contributed by atoms with E-state index in [1.807, 2.05) is 0 Å². The van der Waals surface area contributed by atoms with Gasteiger partial charge in [-0.1, -0.05) is 11.6 Å². The van der Waals surface area contributed by atoms with Crippen LogP contribution in [-0.2, 0) is 0 Å². The van der Waals surface area contributed by atoms with Gasteiger partial charge >= 0.3 is 0 Å². The molecule has 1 rings (SSSR count). The summed E-state index contributed by atoms with van der Waals surface area (Å²) in [5.74, 6) is 0.578. The minimum atomic E-state index is -0.452. The molecule has 0 N–H and O–H groups in total. The largest absolute Gasteiger partial charge is 0.489 e. The Bertz CT molecular complexity index is 369. The molecule has 0 radical (unpaired) electrons. The fourth-order valence-corrected chi connectivity index (χ4v) is 0.980. The van der Waals surface area contributed by atoms with E-state index in [0.717, 1.165) is 0 Å². The number of halogens is 1. The molecule has 0 aliphatic rings. The first-order valence-electron chi connectivity index (χ1n) is 4.29. The number of nitro groups is 1. The van der Waals surface area contributed by atoms with Crippen LogP contribution in [0.15, 0.2) is 35.4 Å². The molecule has 0 saturated carbocycles. The molecule has 1 aromatic carbocycles. The van der Waals surface area contributed by atoms with Crippen molar-refractivity contribution in [2.45, 2.75) is 6.92 Å². The van der Waals surface area contributed by atoms with Gasteiger partial charge in [-0.2, -0.15) is 0 Å². The molecular formula is C10H10ClNO3. The monoisotopic (exact) mass is 227 g/mol. The maximum atomic E-state index is 10.4. The lowest BCUT2D eigenvalue weighted by atomic mass is 10.3. The van der Waals surface area contributed by atoms with Gasteiger partial charge in [-0.05, 0) is 25.1 Å². The zero-order valence-electron chi connectivity index (χ0n) is 8.14. The second-order valence-electron chi connectivity index (χ2n) is 2.85. The average Bonchev–Trinajstić information content (AvgIpc) is 2.18. The number of non-ortho nitro benzene ring substituents is 1. The van der Waals surface area contributed by atoms with Crippen LogP contribution in [0.2, 0.25) is 0 Å². The van der Waals surface area contributed by atoms with Gasteiger partial charge in [0, 0.05) is 17.2 Å². The molecule has 4 nitrogen and oxygen atoms in total. The lowest BCUT2D eigenvalue weighted by Gasteiger charge is -2.02. The quantitative estimate of drug-likeness (QED) is 0.587. The van der Waals surface area contributed by atoms with Crippen LogP contribution in [0.3, 0.4) is 0 Å². The number of ether oxygens (including phenoxy) is 1. The number of nitrogens with zero attached hydrogens (tertiary/aromatic N) is 1. The number of nitro benzene ring substituents is 1. The van der Waals surface area contributed by atoms with Gasteiger partial charge in [0.25, 0.3) is 5.69 Å². The Hall–Kier alpha value is -1.55. The van der Waals surface area contributed by atoms with E-state index in [1.54, 1.807) is 25.1 Å². The minimum Gasteiger partial charge on any atom is -0.489 e. The molecule has 0 aromatic heterocycles. The van der Waals surface area contributed by atoms with Gasteiger partial charge < -0.3 is 4.74 Å². The van der Waals surface area contributed by atoms with Crippen molar-refractivity contribution < 1.29 is 9.66 Å². The van der Waals surface area contributed by atoms with Crippen molar-refractivity contribution >= 4 is 17.3 Å². The zero-order valence-corrected chi connectivity index (χ0v) is 8.90. The normalized spacial score (nSPS) is 11.2. The van der Waals surface area contributed by atoms with Gasteiger partial charge in [0.1, 0.15) is 12.4 Å². The van der Waals surface area contributed by atoms with E-state index in [-0.39, 0.29) is 5.69 Å². The van der Waals surface area contributed by atoms with Crippen LogP contribution in [0.4, 0.5) is 5.69 Å². The van der Waals surface area contributed by atoms with Crippen molar-refractivity contribution in [2.75, 3.05) is 6.61 Å². The average molecular weight is 228 g/mol. The maximum absolute atomic E-state index is 10.4. The molecule has 5 heteroatoms. The smallest absolute Gasteiger partial charge is 0.269 e. The van der Waals surface area contributed by atoms with Crippen LogP contribution in [0.1, 0.15) is 6.92 Å². The summed E-state index contributed by atoms with van der Waals surface area (Å²) in [4.78, 5) is 9.90. The Labute approximate surface area is 92.3 Å². The van der Waals surface area contributed by atoms with Crippen molar-refractivity contribution in [1.29, 1.82) is 0 Å². The number of allylic oxidation sites excluding steroid dienone is 1. The standard InChI is InChI=1S/C10H10ClNO3/c1-8(11)6-7-15-10-4-2-9(3-5-10)12(13)14/h2-6H,7H2,1H3/b8-6+. The van der Waals surface area contributed by atoms with Crippen molar-refractivity contribution in [2.24, 2.45) is 0 Å².